The highest BCUT2D eigenvalue weighted by Crippen LogP contribution is 2.46. The Bertz CT molecular complexity index is 2850. The molecule has 67 heavy (non-hydrogen) atoms. The van der Waals surface area contributed by atoms with E-state index in [1.807, 2.05) is 91.9 Å². The maximum atomic E-state index is 14.4. The number of nitrogens with one attached hydrogen (secondary N) is 2. The molecule has 2 atom stereocenters. The van der Waals surface area contributed by atoms with Gasteiger partial charge in [-0.3, -0.25) is 19.4 Å². The predicted octanol–water partition coefficient (Wildman–Crippen LogP) is 5.77. The first-order chi connectivity index (χ1) is 31.9. The maximum Gasteiger partial charge on any atom is 0.481 e. The van der Waals surface area contributed by atoms with Crippen LogP contribution in [0.15, 0.2) is 90.1 Å². The zero-order valence-corrected chi connectivity index (χ0v) is 38.7. The van der Waals surface area contributed by atoms with Crippen LogP contribution < -0.4 is 16.7 Å². The van der Waals surface area contributed by atoms with Gasteiger partial charge in [0.25, 0.3) is 5.91 Å². The molecule has 6 aromatic rings. The second kappa shape index (κ2) is 18.8. The molecule has 8 rings (SSSR count). The van der Waals surface area contributed by atoms with Crippen molar-refractivity contribution in [1.82, 2.24) is 39.5 Å². The number of H-pyrrole nitrogens is 1. The topological polar surface area (TPSA) is 233 Å². The summed E-state index contributed by atoms with van der Waals surface area (Å²) in [5.74, 6) is -2.43. The Labute approximate surface area is 388 Å². The SMILES string of the molecule is CC(C)C[C@H](NC(=O)[C@@H](Cc1ccccc1)c1nccnc1C(N)=O)B1OC(C)(C)C2(CCN(C(=O)CCn3ccc4cc(-n5c(-c6cc(C(C)C)c(O)cc6O)n[nH]c5=O)ccc43)CC2)O1. The summed E-state index contributed by atoms with van der Waals surface area (Å²) >= 11 is 0. The Kier molecular flexibility index (Phi) is 13.1. The molecule has 2 fully saturated rings. The van der Waals surface area contributed by atoms with Gasteiger partial charge in [0.05, 0.1) is 40.0 Å². The summed E-state index contributed by atoms with van der Waals surface area (Å²) in [5.41, 5.74) is 7.11. The summed E-state index contributed by atoms with van der Waals surface area (Å²) in [6.07, 6.45) is 6.89. The van der Waals surface area contributed by atoms with Crippen molar-refractivity contribution in [3.8, 4) is 28.6 Å². The minimum atomic E-state index is -0.874. The first-order valence-corrected chi connectivity index (χ1v) is 22.9. The van der Waals surface area contributed by atoms with Crippen LogP contribution in [0.4, 0.5) is 0 Å². The van der Waals surface area contributed by atoms with Crippen molar-refractivity contribution in [3.05, 3.63) is 118 Å². The van der Waals surface area contributed by atoms with E-state index in [4.69, 9.17) is 15.0 Å². The van der Waals surface area contributed by atoms with Crippen molar-refractivity contribution < 1.29 is 33.9 Å². The van der Waals surface area contributed by atoms with E-state index in [0.29, 0.717) is 55.7 Å². The van der Waals surface area contributed by atoms with Gasteiger partial charge >= 0.3 is 12.8 Å². The first-order valence-electron chi connectivity index (χ1n) is 22.9. The number of hydrogen-bond donors (Lipinski definition) is 5. The Morgan fingerprint density at radius 3 is 2.37 bits per heavy atom. The van der Waals surface area contributed by atoms with Crippen molar-refractivity contribution in [2.45, 2.75) is 109 Å². The second-order valence-corrected chi connectivity index (χ2v) is 18.9. The molecule has 6 N–H and O–H groups in total. The molecule has 1 spiro atoms. The first kappa shape index (κ1) is 46.7. The predicted molar refractivity (Wildman–Crippen MR) is 253 cm³/mol. The number of carbonyl (C=O) groups is 3. The van der Waals surface area contributed by atoms with Gasteiger partial charge in [-0.05, 0) is 92.8 Å². The third kappa shape index (κ3) is 9.45. The molecular formula is C49H58BN9O8. The lowest BCUT2D eigenvalue weighted by atomic mass is 9.73. The van der Waals surface area contributed by atoms with E-state index in [9.17, 15) is 29.4 Å². The van der Waals surface area contributed by atoms with Crippen molar-refractivity contribution in [2.75, 3.05) is 13.1 Å². The summed E-state index contributed by atoms with van der Waals surface area (Å²) in [4.78, 5) is 64.2. The number of primary amides is 1. The lowest BCUT2D eigenvalue weighted by molar-refractivity contribution is -0.137. The molecule has 0 saturated carbocycles. The van der Waals surface area contributed by atoms with E-state index in [-0.39, 0.29) is 65.2 Å². The molecular weight excluding hydrogens is 853 g/mol. The summed E-state index contributed by atoms with van der Waals surface area (Å²) in [7, 11) is -0.780. The molecule has 5 heterocycles. The molecule has 0 unspecified atom stereocenters. The molecule has 0 radical (unpaired) electrons. The highest BCUT2D eigenvalue weighted by molar-refractivity contribution is 6.48. The van der Waals surface area contributed by atoms with Crippen molar-refractivity contribution in [2.24, 2.45) is 11.7 Å². The molecule has 3 aromatic heterocycles. The number of nitrogens with two attached hydrogens (primary N) is 1. The summed E-state index contributed by atoms with van der Waals surface area (Å²) in [6.45, 7) is 13.3. The Balaban J connectivity index is 0.927. The quantitative estimate of drug-likeness (QED) is 0.0777. The van der Waals surface area contributed by atoms with Crippen LogP contribution in [0.25, 0.3) is 28.0 Å². The van der Waals surface area contributed by atoms with Crippen LogP contribution >= 0.6 is 0 Å². The average molecular weight is 912 g/mol. The second-order valence-electron chi connectivity index (χ2n) is 18.9. The third-order valence-electron chi connectivity index (χ3n) is 13.3. The molecule has 0 aliphatic carbocycles. The molecule has 18 heteroatoms. The summed E-state index contributed by atoms with van der Waals surface area (Å²) < 4.78 is 17.0. The molecule has 0 bridgehead atoms. The van der Waals surface area contributed by atoms with Gasteiger partial charge in [-0.25, -0.2) is 19.4 Å². The summed E-state index contributed by atoms with van der Waals surface area (Å²) in [6, 6.07) is 19.9. The minimum absolute atomic E-state index is 0.0133. The number of benzene rings is 3. The average Bonchev–Trinajstić information content (AvgIpc) is 3.96. The number of aryl methyl sites for hydroxylation is 1. The van der Waals surface area contributed by atoms with E-state index < -0.39 is 41.8 Å². The number of nitrogens with zero attached hydrogens (tertiary/aromatic N) is 6. The molecule has 17 nitrogen and oxygen atoms in total. The fourth-order valence-corrected chi connectivity index (χ4v) is 9.62. The Hall–Kier alpha value is -6.79. The lowest BCUT2D eigenvalue weighted by Crippen LogP contribution is -2.56. The number of aromatic hydroxyl groups is 2. The summed E-state index contributed by atoms with van der Waals surface area (Å²) in [5, 5.41) is 31.9. The molecule has 3 amide bonds. The van der Waals surface area contributed by atoms with Crippen LogP contribution in [-0.2, 0) is 31.9 Å². The number of carbonyl (C=O) groups excluding carboxylic acids is 3. The van der Waals surface area contributed by atoms with Gasteiger partial charge in [-0.2, -0.15) is 5.10 Å². The normalized spacial score (nSPS) is 16.5. The zero-order chi connectivity index (χ0) is 47.8. The van der Waals surface area contributed by atoms with Gasteiger partial charge < -0.3 is 40.0 Å². The number of hydrogen-bond acceptors (Lipinski definition) is 11. The number of fused-ring (bicyclic) bond motifs is 1. The van der Waals surface area contributed by atoms with Gasteiger partial charge in [-0.15, -0.1) is 0 Å². The van der Waals surface area contributed by atoms with Gasteiger partial charge in [0.15, 0.2) is 5.82 Å². The van der Waals surface area contributed by atoms with Crippen LogP contribution in [0.5, 0.6) is 11.5 Å². The number of rotatable bonds is 15. The number of phenols is 2. The van der Waals surface area contributed by atoms with Gasteiger partial charge in [0, 0.05) is 61.6 Å². The number of likely N-dealkylation sites (tertiary alicyclic amines) is 1. The van der Waals surface area contributed by atoms with Gasteiger partial charge in [0.2, 0.25) is 11.8 Å². The highest BCUT2D eigenvalue weighted by atomic mass is 16.7. The fraction of sp³-hybridized carbons (Fsp3) is 0.408. The zero-order valence-electron chi connectivity index (χ0n) is 38.7. The maximum absolute atomic E-state index is 14.4. The number of amides is 3. The fourth-order valence-electron chi connectivity index (χ4n) is 9.62. The van der Waals surface area contributed by atoms with Crippen LogP contribution in [0.2, 0.25) is 0 Å². The van der Waals surface area contributed by atoms with E-state index in [0.717, 1.165) is 16.5 Å². The van der Waals surface area contributed by atoms with Gasteiger partial charge in [0.1, 0.15) is 17.2 Å². The monoisotopic (exact) mass is 911 g/mol. The van der Waals surface area contributed by atoms with Crippen LogP contribution in [0.1, 0.15) is 106 Å². The molecule has 350 valence electrons. The minimum Gasteiger partial charge on any atom is -0.508 e. The largest absolute Gasteiger partial charge is 0.508 e. The molecule has 3 aromatic carbocycles. The Morgan fingerprint density at radius 2 is 1.67 bits per heavy atom. The van der Waals surface area contributed by atoms with Gasteiger partial charge in [-0.1, -0.05) is 58.0 Å². The van der Waals surface area contributed by atoms with E-state index in [2.05, 4.69) is 39.3 Å². The Morgan fingerprint density at radius 1 is 0.940 bits per heavy atom. The number of aromatic amines is 1. The lowest BCUT2D eigenvalue weighted by Gasteiger charge is -2.45. The standard InChI is InChI=1S/C49H58BN9O8/c1-29(2)24-40(54-46(64)36(25-31-10-8-7-9-11-31)42-43(44(51)63)53-19-18-52-42)50-66-48(5,6)49(67-50)16-22-58(23-17-49)41(62)15-21-57-20-14-32-26-33(12-13-37(32)57)59-45(55-56-47(59)65)35-27-34(30(3)4)38(60)28-39(35)61/h7-14,18-20,26-30,36,40,60-61H,15-17,21-25H2,1-6H3,(H2,51,63)(H,54,64)(H,56,65)/t36-,40-/m0/s1. The van der Waals surface area contributed by atoms with Crippen LogP contribution in [0, 0.1) is 5.92 Å². The van der Waals surface area contributed by atoms with E-state index >= 15 is 0 Å². The van der Waals surface area contributed by atoms with Crippen LogP contribution in [0.3, 0.4) is 0 Å². The van der Waals surface area contributed by atoms with E-state index in [1.165, 1.54) is 23.0 Å². The number of aromatic nitrogens is 6. The van der Waals surface area contributed by atoms with Crippen LogP contribution in [-0.4, -0.2) is 99.5 Å². The van der Waals surface area contributed by atoms with E-state index in [1.54, 1.807) is 12.1 Å². The van der Waals surface area contributed by atoms with Crippen molar-refractivity contribution >= 4 is 35.7 Å². The number of phenolic OH excluding ortho intramolecular Hbond substituents is 2. The van der Waals surface area contributed by atoms with Crippen molar-refractivity contribution in [1.29, 1.82) is 0 Å². The number of piperidine rings is 1. The smallest absolute Gasteiger partial charge is 0.481 e. The van der Waals surface area contributed by atoms with Crippen molar-refractivity contribution in [3.63, 3.8) is 0 Å². The molecule has 2 aliphatic rings. The molecule has 2 saturated heterocycles. The molecule has 2 aliphatic heterocycles. The third-order valence-corrected chi connectivity index (χ3v) is 13.3. The highest BCUT2D eigenvalue weighted by Gasteiger charge is 2.60.